The average molecular weight is 346 g/mol. The molecule has 1 unspecified atom stereocenters. The zero-order valence-corrected chi connectivity index (χ0v) is 15.2. The third kappa shape index (κ3) is 5.86. The van der Waals surface area contributed by atoms with Gasteiger partial charge in [-0.25, -0.2) is 4.79 Å². The van der Waals surface area contributed by atoms with E-state index in [1.807, 2.05) is 24.3 Å². The Balaban J connectivity index is 1.73. The topological polar surface area (TPSA) is 100 Å². The Kier molecular flexibility index (Phi) is 6.14. The van der Waals surface area contributed by atoms with Gasteiger partial charge >= 0.3 is 6.03 Å². The molecule has 0 bridgehead atoms. The second-order valence-corrected chi connectivity index (χ2v) is 7.01. The summed E-state index contributed by atoms with van der Waals surface area (Å²) < 4.78 is 4.96. The summed E-state index contributed by atoms with van der Waals surface area (Å²) in [6.07, 6.45) is -0.288. The highest BCUT2D eigenvalue weighted by Crippen LogP contribution is 2.23. The fraction of sp³-hybridized carbons (Fsp3) is 0.500. The fourth-order valence-corrected chi connectivity index (χ4v) is 2.30. The van der Waals surface area contributed by atoms with Crippen molar-refractivity contribution in [3.63, 3.8) is 0 Å². The zero-order chi connectivity index (χ0) is 18.4. The van der Waals surface area contributed by atoms with Gasteiger partial charge in [-0.05, 0) is 23.5 Å². The van der Waals surface area contributed by atoms with Crippen molar-refractivity contribution in [2.45, 2.75) is 45.6 Å². The molecule has 25 heavy (non-hydrogen) atoms. The van der Waals surface area contributed by atoms with Crippen LogP contribution in [0.25, 0.3) is 0 Å². The van der Waals surface area contributed by atoms with Gasteiger partial charge in [0.1, 0.15) is 0 Å². The Hall–Kier alpha value is -2.41. The summed E-state index contributed by atoms with van der Waals surface area (Å²) >= 11 is 0. The predicted octanol–water partition coefficient (Wildman–Crippen LogP) is 2.25. The van der Waals surface area contributed by atoms with E-state index in [4.69, 9.17) is 4.52 Å². The molecule has 0 spiro atoms. The van der Waals surface area contributed by atoms with Crippen LogP contribution in [-0.2, 0) is 11.8 Å². The van der Waals surface area contributed by atoms with Crippen LogP contribution in [0.4, 0.5) is 4.79 Å². The van der Waals surface area contributed by atoms with Gasteiger partial charge in [-0.3, -0.25) is 0 Å². The highest BCUT2D eigenvalue weighted by Gasteiger charge is 2.15. The normalized spacial score (nSPS) is 12.7. The minimum atomic E-state index is -0.752. The SMILES string of the molecule is Cc1noc(CCNC(=O)NCC(O)c2ccc(C(C)(C)C)cc2)n1. The molecule has 0 radical (unpaired) electrons. The molecule has 1 atom stereocenters. The van der Waals surface area contributed by atoms with Gasteiger partial charge in [0, 0.05) is 19.5 Å². The second kappa shape index (κ2) is 8.11. The summed E-state index contributed by atoms with van der Waals surface area (Å²) in [4.78, 5) is 15.8. The van der Waals surface area contributed by atoms with E-state index in [0.717, 1.165) is 5.56 Å². The van der Waals surface area contributed by atoms with E-state index in [2.05, 4.69) is 41.5 Å². The summed E-state index contributed by atoms with van der Waals surface area (Å²) in [6, 6.07) is 7.45. The van der Waals surface area contributed by atoms with Crippen LogP contribution >= 0.6 is 0 Å². The van der Waals surface area contributed by atoms with Crippen molar-refractivity contribution in [1.29, 1.82) is 0 Å². The smallest absolute Gasteiger partial charge is 0.314 e. The number of carbonyl (C=O) groups excluding carboxylic acids is 1. The molecule has 0 aliphatic carbocycles. The Labute approximate surface area is 147 Å². The Morgan fingerprint density at radius 3 is 2.48 bits per heavy atom. The van der Waals surface area contributed by atoms with E-state index >= 15 is 0 Å². The number of aliphatic hydroxyl groups is 1. The third-order valence-electron chi connectivity index (χ3n) is 3.81. The molecule has 2 rings (SSSR count). The van der Waals surface area contributed by atoms with Crippen LogP contribution in [0.5, 0.6) is 0 Å². The Morgan fingerprint density at radius 2 is 1.92 bits per heavy atom. The number of hydrogen-bond acceptors (Lipinski definition) is 5. The van der Waals surface area contributed by atoms with Crippen molar-refractivity contribution in [2.75, 3.05) is 13.1 Å². The quantitative estimate of drug-likeness (QED) is 0.745. The van der Waals surface area contributed by atoms with E-state index in [1.165, 1.54) is 5.56 Å². The van der Waals surface area contributed by atoms with Gasteiger partial charge in [0.15, 0.2) is 5.82 Å². The average Bonchev–Trinajstić information content (AvgIpc) is 2.97. The van der Waals surface area contributed by atoms with Crippen LogP contribution in [0.3, 0.4) is 0 Å². The van der Waals surface area contributed by atoms with E-state index < -0.39 is 6.10 Å². The maximum absolute atomic E-state index is 11.8. The van der Waals surface area contributed by atoms with Crippen molar-refractivity contribution in [2.24, 2.45) is 0 Å². The molecule has 0 aliphatic heterocycles. The van der Waals surface area contributed by atoms with Crippen LogP contribution in [0.2, 0.25) is 0 Å². The zero-order valence-electron chi connectivity index (χ0n) is 15.2. The highest BCUT2D eigenvalue weighted by atomic mass is 16.5. The largest absolute Gasteiger partial charge is 0.387 e. The molecular weight excluding hydrogens is 320 g/mol. The van der Waals surface area contributed by atoms with Gasteiger partial charge < -0.3 is 20.3 Å². The summed E-state index contributed by atoms with van der Waals surface area (Å²) in [7, 11) is 0. The molecule has 1 aromatic carbocycles. The van der Waals surface area contributed by atoms with Crippen LogP contribution in [0.1, 0.15) is 49.7 Å². The van der Waals surface area contributed by atoms with Crippen LogP contribution in [-0.4, -0.2) is 34.4 Å². The standard InChI is InChI=1S/C18H26N4O3/c1-12-21-16(25-22-12)9-10-19-17(24)20-11-15(23)13-5-7-14(8-6-13)18(2,3)4/h5-8,15,23H,9-11H2,1-4H3,(H2,19,20,24). The van der Waals surface area contributed by atoms with Crippen molar-refractivity contribution in [3.05, 3.63) is 47.1 Å². The molecule has 3 N–H and O–H groups in total. The lowest BCUT2D eigenvalue weighted by molar-refractivity contribution is 0.173. The van der Waals surface area contributed by atoms with E-state index in [-0.39, 0.29) is 18.0 Å². The van der Waals surface area contributed by atoms with Gasteiger partial charge in [-0.15, -0.1) is 0 Å². The van der Waals surface area contributed by atoms with Crippen molar-refractivity contribution in [3.8, 4) is 0 Å². The first-order valence-corrected chi connectivity index (χ1v) is 8.35. The molecule has 7 nitrogen and oxygen atoms in total. The third-order valence-corrected chi connectivity index (χ3v) is 3.81. The number of carbonyl (C=O) groups is 1. The first kappa shape index (κ1) is 18.9. The molecule has 0 saturated heterocycles. The summed E-state index contributed by atoms with van der Waals surface area (Å²) in [5, 5.41) is 19.2. The highest BCUT2D eigenvalue weighted by molar-refractivity contribution is 5.73. The molecule has 0 fully saturated rings. The number of urea groups is 1. The molecule has 0 saturated carbocycles. The predicted molar refractivity (Wildman–Crippen MR) is 94.2 cm³/mol. The number of nitrogens with one attached hydrogen (secondary N) is 2. The number of hydrogen-bond donors (Lipinski definition) is 3. The number of nitrogens with zero attached hydrogens (tertiary/aromatic N) is 2. The van der Waals surface area contributed by atoms with Gasteiger partial charge in [-0.2, -0.15) is 4.98 Å². The minimum absolute atomic E-state index is 0.0680. The lowest BCUT2D eigenvalue weighted by Crippen LogP contribution is -2.38. The van der Waals surface area contributed by atoms with Crippen LogP contribution in [0.15, 0.2) is 28.8 Å². The van der Waals surface area contributed by atoms with Crippen LogP contribution in [0, 0.1) is 6.92 Å². The van der Waals surface area contributed by atoms with Crippen LogP contribution < -0.4 is 10.6 Å². The van der Waals surface area contributed by atoms with Crippen molar-refractivity contribution >= 4 is 6.03 Å². The molecule has 0 aliphatic rings. The molecule has 7 heteroatoms. The fourth-order valence-electron chi connectivity index (χ4n) is 2.30. The summed E-state index contributed by atoms with van der Waals surface area (Å²) in [5.74, 6) is 1.05. The van der Waals surface area contributed by atoms with Gasteiger partial charge in [0.2, 0.25) is 5.89 Å². The van der Waals surface area contributed by atoms with E-state index in [1.54, 1.807) is 6.92 Å². The van der Waals surface area contributed by atoms with Gasteiger partial charge in [0.05, 0.1) is 6.10 Å². The van der Waals surface area contributed by atoms with Crippen molar-refractivity contribution in [1.82, 2.24) is 20.8 Å². The summed E-state index contributed by atoms with van der Waals surface area (Å²) in [6.45, 7) is 8.67. The maximum Gasteiger partial charge on any atom is 0.314 e. The number of aryl methyl sites for hydroxylation is 1. The van der Waals surface area contributed by atoms with E-state index in [9.17, 15) is 9.90 Å². The van der Waals surface area contributed by atoms with Crippen molar-refractivity contribution < 1.29 is 14.4 Å². The monoisotopic (exact) mass is 346 g/mol. The van der Waals surface area contributed by atoms with Gasteiger partial charge in [0.25, 0.3) is 0 Å². The molecule has 2 aromatic rings. The molecule has 1 heterocycles. The lowest BCUT2D eigenvalue weighted by Gasteiger charge is -2.20. The lowest BCUT2D eigenvalue weighted by atomic mass is 9.86. The number of benzene rings is 1. The van der Waals surface area contributed by atoms with E-state index in [0.29, 0.717) is 24.7 Å². The molecule has 2 amide bonds. The second-order valence-electron chi connectivity index (χ2n) is 7.01. The maximum atomic E-state index is 11.8. The first-order valence-electron chi connectivity index (χ1n) is 8.35. The summed E-state index contributed by atoms with van der Waals surface area (Å²) in [5.41, 5.74) is 2.04. The molecule has 136 valence electrons. The number of amides is 2. The van der Waals surface area contributed by atoms with Gasteiger partial charge in [-0.1, -0.05) is 50.2 Å². The molecule has 1 aromatic heterocycles. The number of aromatic nitrogens is 2. The Morgan fingerprint density at radius 1 is 1.24 bits per heavy atom. The Bertz CT molecular complexity index is 689. The molecular formula is C18H26N4O3. The number of rotatable bonds is 6. The first-order chi connectivity index (χ1) is 11.8. The minimum Gasteiger partial charge on any atom is -0.387 e. The number of aliphatic hydroxyl groups excluding tert-OH is 1.